The summed E-state index contributed by atoms with van der Waals surface area (Å²) in [7, 11) is 0. The van der Waals surface area contributed by atoms with Crippen molar-refractivity contribution in [2.45, 2.75) is 38.6 Å². The van der Waals surface area contributed by atoms with Crippen molar-refractivity contribution in [1.82, 2.24) is 4.90 Å². The molecule has 1 aliphatic rings. The van der Waals surface area contributed by atoms with Crippen LogP contribution in [0.2, 0.25) is 0 Å². The van der Waals surface area contributed by atoms with Crippen molar-refractivity contribution in [3.63, 3.8) is 0 Å². The maximum atomic E-state index is 12.2. The highest BCUT2D eigenvalue weighted by Gasteiger charge is 2.27. The number of alkyl halides is 1. The first-order valence-corrected chi connectivity index (χ1v) is 7.74. The molecule has 2 rings (SSSR count). The maximum Gasteiger partial charge on any atom is 0.223 e. The van der Waals surface area contributed by atoms with E-state index in [4.69, 9.17) is 0 Å². The number of benzene rings is 1. The highest BCUT2D eigenvalue weighted by atomic mass is 79.9. The third-order valence-electron chi connectivity index (χ3n) is 3.62. The Balaban J connectivity index is 1.86. The SMILES string of the molecule is Cc1ccc(CCC(=O)N2CCCC2CBr)cc1. The molecule has 1 aliphatic heterocycles. The molecule has 1 heterocycles. The minimum absolute atomic E-state index is 0.303. The Morgan fingerprint density at radius 2 is 2.11 bits per heavy atom. The fourth-order valence-electron chi connectivity index (χ4n) is 2.47. The van der Waals surface area contributed by atoms with E-state index in [-0.39, 0.29) is 0 Å². The lowest BCUT2D eigenvalue weighted by atomic mass is 10.1. The van der Waals surface area contributed by atoms with Gasteiger partial charge in [-0.1, -0.05) is 45.8 Å². The van der Waals surface area contributed by atoms with E-state index in [9.17, 15) is 4.79 Å². The second-order valence-corrected chi connectivity index (χ2v) is 5.67. The molecule has 1 aromatic carbocycles. The van der Waals surface area contributed by atoms with Crippen LogP contribution in [0.15, 0.2) is 24.3 Å². The maximum absolute atomic E-state index is 12.2. The lowest BCUT2D eigenvalue weighted by Gasteiger charge is -2.23. The largest absolute Gasteiger partial charge is 0.339 e. The normalized spacial score (nSPS) is 19.2. The van der Waals surface area contributed by atoms with Crippen LogP contribution in [0.5, 0.6) is 0 Å². The summed E-state index contributed by atoms with van der Waals surface area (Å²) in [5.41, 5.74) is 2.52. The topological polar surface area (TPSA) is 20.3 Å². The van der Waals surface area contributed by atoms with E-state index >= 15 is 0 Å². The molecule has 1 atom stereocenters. The van der Waals surface area contributed by atoms with Crippen molar-refractivity contribution >= 4 is 21.8 Å². The number of amides is 1. The van der Waals surface area contributed by atoms with Crippen molar-refractivity contribution in [3.05, 3.63) is 35.4 Å². The van der Waals surface area contributed by atoms with Gasteiger partial charge in [0.15, 0.2) is 0 Å². The molecule has 0 N–H and O–H groups in total. The van der Waals surface area contributed by atoms with Gasteiger partial charge in [-0.3, -0.25) is 4.79 Å². The number of hydrogen-bond acceptors (Lipinski definition) is 1. The number of aryl methyl sites for hydroxylation is 2. The van der Waals surface area contributed by atoms with Crippen LogP contribution in [0, 0.1) is 6.92 Å². The second kappa shape index (κ2) is 6.37. The number of carbonyl (C=O) groups is 1. The molecular weight excluding hydrogens is 290 g/mol. The molecule has 1 saturated heterocycles. The molecule has 0 aromatic heterocycles. The van der Waals surface area contributed by atoms with Crippen LogP contribution in [-0.2, 0) is 11.2 Å². The first-order valence-electron chi connectivity index (χ1n) is 6.61. The van der Waals surface area contributed by atoms with E-state index in [1.165, 1.54) is 11.1 Å². The molecule has 1 fully saturated rings. The molecule has 18 heavy (non-hydrogen) atoms. The van der Waals surface area contributed by atoms with Crippen LogP contribution in [-0.4, -0.2) is 28.7 Å². The van der Waals surface area contributed by atoms with Gasteiger partial charge >= 0.3 is 0 Å². The zero-order valence-corrected chi connectivity index (χ0v) is 12.4. The van der Waals surface area contributed by atoms with Crippen LogP contribution in [0.1, 0.15) is 30.4 Å². The highest BCUT2D eigenvalue weighted by Crippen LogP contribution is 2.20. The summed E-state index contributed by atoms with van der Waals surface area (Å²) in [6.07, 6.45) is 3.77. The number of halogens is 1. The van der Waals surface area contributed by atoms with Gasteiger partial charge in [0.1, 0.15) is 0 Å². The third-order valence-corrected chi connectivity index (χ3v) is 4.37. The quantitative estimate of drug-likeness (QED) is 0.781. The van der Waals surface area contributed by atoms with Crippen molar-refractivity contribution in [2.75, 3.05) is 11.9 Å². The van der Waals surface area contributed by atoms with Gasteiger partial charge in [0, 0.05) is 24.3 Å². The second-order valence-electron chi connectivity index (χ2n) is 5.02. The molecule has 98 valence electrons. The van der Waals surface area contributed by atoms with E-state index < -0.39 is 0 Å². The van der Waals surface area contributed by atoms with Gasteiger partial charge in [0.05, 0.1) is 0 Å². The molecule has 0 radical (unpaired) electrons. The fraction of sp³-hybridized carbons (Fsp3) is 0.533. The highest BCUT2D eigenvalue weighted by molar-refractivity contribution is 9.09. The van der Waals surface area contributed by atoms with Gasteiger partial charge in [-0.25, -0.2) is 0 Å². The fourth-order valence-corrected chi connectivity index (χ4v) is 3.15. The molecule has 2 nitrogen and oxygen atoms in total. The summed E-state index contributed by atoms with van der Waals surface area (Å²) in [4.78, 5) is 14.2. The van der Waals surface area contributed by atoms with Gasteiger partial charge in [-0.05, 0) is 31.7 Å². The summed E-state index contributed by atoms with van der Waals surface area (Å²) in [5.74, 6) is 0.303. The molecule has 1 unspecified atom stereocenters. The van der Waals surface area contributed by atoms with Gasteiger partial charge in [0.25, 0.3) is 0 Å². The lowest BCUT2D eigenvalue weighted by molar-refractivity contribution is -0.131. The summed E-state index contributed by atoms with van der Waals surface area (Å²) in [6.45, 7) is 3.02. The lowest BCUT2D eigenvalue weighted by Crippen LogP contribution is -2.36. The zero-order valence-electron chi connectivity index (χ0n) is 10.9. The molecule has 1 amide bonds. The van der Waals surface area contributed by atoms with Crippen molar-refractivity contribution in [3.8, 4) is 0 Å². The first kappa shape index (κ1) is 13.6. The molecule has 3 heteroatoms. The van der Waals surface area contributed by atoms with Crippen LogP contribution < -0.4 is 0 Å². The smallest absolute Gasteiger partial charge is 0.223 e. The van der Waals surface area contributed by atoms with E-state index in [2.05, 4.69) is 47.1 Å². The number of likely N-dealkylation sites (tertiary alicyclic amines) is 1. The summed E-state index contributed by atoms with van der Waals surface area (Å²) < 4.78 is 0. The first-order chi connectivity index (χ1) is 8.70. The Labute approximate surface area is 117 Å². The van der Waals surface area contributed by atoms with E-state index in [1.54, 1.807) is 0 Å². The van der Waals surface area contributed by atoms with E-state index in [0.717, 1.165) is 31.1 Å². The van der Waals surface area contributed by atoms with Crippen molar-refractivity contribution in [1.29, 1.82) is 0 Å². The Morgan fingerprint density at radius 1 is 1.39 bits per heavy atom. The zero-order chi connectivity index (χ0) is 13.0. The number of hydrogen-bond donors (Lipinski definition) is 0. The van der Waals surface area contributed by atoms with E-state index in [1.807, 2.05) is 4.90 Å². The Hall–Kier alpha value is -0.830. The molecule has 0 aliphatic carbocycles. The molecule has 1 aromatic rings. The molecule has 0 saturated carbocycles. The monoisotopic (exact) mass is 309 g/mol. The van der Waals surface area contributed by atoms with Crippen LogP contribution in [0.25, 0.3) is 0 Å². The van der Waals surface area contributed by atoms with Gasteiger partial charge < -0.3 is 4.90 Å². The molecular formula is C15H20BrNO. The molecule has 0 spiro atoms. The summed E-state index contributed by atoms with van der Waals surface area (Å²) in [6, 6.07) is 8.87. The summed E-state index contributed by atoms with van der Waals surface area (Å²) in [5, 5.41) is 0.906. The Bertz CT molecular complexity index is 401. The number of nitrogens with zero attached hydrogens (tertiary/aromatic N) is 1. The Kier molecular flexibility index (Phi) is 4.81. The number of rotatable bonds is 4. The molecule has 0 bridgehead atoms. The van der Waals surface area contributed by atoms with E-state index in [0.29, 0.717) is 18.4 Å². The van der Waals surface area contributed by atoms with Crippen LogP contribution in [0.3, 0.4) is 0 Å². The average molecular weight is 310 g/mol. The van der Waals surface area contributed by atoms with Crippen LogP contribution >= 0.6 is 15.9 Å². The van der Waals surface area contributed by atoms with Gasteiger partial charge in [-0.2, -0.15) is 0 Å². The summed E-state index contributed by atoms with van der Waals surface area (Å²) >= 11 is 3.50. The average Bonchev–Trinajstić information content (AvgIpc) is 2.86. The predicted molar refractivity (Wildman–Crippen MR) is 78.0 cm³/mol. The minimum atomic E-state index is 0.303. The minimum Gasteiger partial charge on any atom is -0.339 e. The van der Waals surface area contributed by atoms with Crippen LogP contribution in [0.4, 0.5) is 0 Å². The van der Waals surface area contributed by atoms with Gasteiger partial charge in [-0.15, -0.1) is 0 Å². The standard InChI is InChI=1S/C15H20BrNO/c1-12-4-6-13(7-5-12)8-9-15(18)17-10-2-3-14(17)11-16/h4-7,14H,2-3,8-11H2,1H3. The Morgan fingerprint density at radius 3 is 2.78 bits per heavy atom. The van der Waals surface area contributed by atoms with Crippen molar-refractivity contribution in [2.24, 2.45) is 0 Å². The predicted octanol–water partition coefficient (Wildman–Crippen LogP) is 3.31. The third kappa shape index (κ3) is 3.35. The van der Waals surface area contributed by atoms with Crippen molar-refractivity contribution < 1.29 is 4.79 Å². The van der Waals surface area contributed by atoms with Gasteiger partial charge in [0.2, 0.25) is 5.91 Å². The number of carbonyl (C=O) groups excluding carboxylic acids is 1.